The average Bonchev–Trinajstić information content (AvgIpc) is 2.18. The predicted octanol–water partition coefficient (Wildman–Crippen LogP) is 0.927. The maximum Gasteiger partial charge on any atom is 0.0885 e. The molecule has 14 heavy (non-hydrogen) atoms. The van der Waals surface area contributed by atoms with Gasteiger partial charge in [0.1, 0.15) is 0 Å². The summed E-state index contributed by atoms with van der Waals surface area (Å²) in [5.41, 5.74) is 1.22. The monoisotopic (exact) mass is 196 g/mol. The Morgan fingerprint density at radius 1 is 1.29 bits per heavy atom. The van der Waals surface area contributed by atoms with Crippen LogP contribution in [0.15, 0.2) is 12.3 Å². The van der Waals surface area contributed by atoms with Crippen molar-refractivity contribution in [1.82, 2.24) is 9.80 Å². The molecular weight excluding hydrogens is 176 g/mol. The van der Waals surface area contributed by atoms with E-state index in [0.29, 0.717) is 6.61 Å². The Hall–Kier alpha value is -0.540. The summed E-state index contributed by atoms with van der Waals surface area (Å²) >= 11 is 0. The van der Waals surface area contributed by atoms with E-state index >= 15 is 0 Å². The number of morpholine rings is 1. The molecule has 0 radical (unpaired) electrons. The van der Waals surface area contributed by atoms with Gasteiger partial charge in [-0.25, -0.2) is 0 Å². The molecule has 3 heteroatoms. The van der Waals surface area contributed by atoms with E-state index in [0.717, 1.165) is 38.2 Å². The van der Waals surface area contributed by atoms with Crippen LogP contribution in [0.25, 0.3) is 0 Å². The third-order valence-electron chi connectivity index (χ3n) is 3.51. The summed E-state index contributed by atoms with van der Waals surface area (Å²) in [6.45, 7) is 8.01. The molecule has 2 aliphatic rings. The molecule has 2 heterocycles. The van der Waals surface area contributed by atoms with Gasteiger partial charge in [0.2, 0.25) is 0 Å². The van der Waals surface area contributed by atoms with Crippen LogP contribution in [0.4, 0.5) is 0 Å². The molecule has 80 valence electrons. The van der Waals surface area contributed by atoms with Crippen molar-refractivity contribution in [3.05, 3.63) is 12.3 Å². The Labute approximate surface area is 86.3 Å². The quantitative estimate of drug-likeness (QED) is 0.573. The molecule has 2 saturated heterocycles. The summed E-state index contributed by atoms with van der Waals surface area (Å²) in [5, 5.41) is 0. The molecule has 2 fully saturated rings. The van der Waals surface area contributed by atoms with E-state index in [1.165, 1.54) is 0 Å². The van der Waals surface area contributed by atoms with Crippen LogP contribution < -0.4 is 0 Å². The third kappa shape index (κ3) is 1.79. The van der Waals surface area contributed by atoms with E-state index < -0.39 is 0 Å². The van der Waals surface area contributed by atoms with Crippen molar-refractivity contribution in [3.63, 3.8) is 0 Å². The lowest BCUT2D eigenvalue weighted by molar-refractivity contribution is -0.111. The van der Waals surface area contributed by atoms with Crippen molar-refractivity contribution in [3.8, 4) is 0 Å². The van der Waals surface area contributed by atoms with Gasteiger partial charge in [0.25, 0.3) is 0 Å². The van der Waals surface area contributed by atoms with Gasteiger partial charge in [-0.05, 0) is 19.9 Å². The standard InChI is InChI=1S/C11H20N2O/c1-10-8-14-11(9-13(10)3)4-6-12(2)7-5-11/h1,4-9H2,2-3H3. The van der Waals surface area contributed by atoms with E-state index in [4.69, 9.17) is 4.74 Å². The predicted molar refractivity (Wildman–Crippen MR) is 57.2 cm³/mol. The van der Waals surface area contributed by atoms with Crippen molar-refractivity contribution in [1.29, 1.82) is 0 Å². The highest BCUT2D eigenvalue weighted by Gasteiger charge is 2.38. The molecule has 0 atom stereocenters. The first-order chi connectivity index (χ1) is 6.61. The maximum absolute atomic E-state index is 5.97. The molecular formula is C11H20N2O. The summed E-state index contributed by atoms with van der Waals surface area (Å²) in [7, 11) is 4.29. The van der Waals surface area contributed by atoms with Crippen molar-refractivity contribution in [2.75, 3.05) is 40.3 Å². The minimum atomic E-state index is 0.114. The van der Waals surface area contributed by atoms with Crippen LogP contribution in [0, 0.1) is 0 Å². The fraction of sp³-hybridized carbons (Fsp3) is 0.818. The van der Waals surface area contributed by atoms with Gasteiger partial charge in [0, 0.05) is 32.4 Å². The van der Waals surface area contributed by atoms with Crippen LogP contribution in [0.2, 0.25) is 0 Å². The highest BCUT2D eigenvalue weighted by molar-refractivity contribution is 5.03. The third-order valence-corrected chi connectivity index (χ3v) is 3.51. The molecule has 0 amide bonds. The second-order valence-corrected chi connectivity index (χ2v) is 4.70. The fourth-order valence-corrected chi connectivity index (χ4v) is 2.26. The Morgan fingerprint density at radius 3 is 2.50 bits per heavy atom. The second-order valence-electron chi connectivity index (χ2n) is 4.70. The number of rotatable bonds is 0. The van der Waals surface area contributed by atoms with E-state index in [2.05, 4.69) is 30.5 Å². The molecule has 2 rings (SSSR count). The van der Waals surface area contributed by atoms with Crippen LogP contribution in [-0.4, -0.2) is 55.7 Å². The minimum Gasteiger partial charge on any atom is -0.374 e. The second kappa shape index (κ2) is 3.55. The highest BCUT2D eigenvalue weighted by Crippen LogP contribution is 2.31. The van der Waals surface area contributed by atoms with Gasteiger partial charge in [-0.2, -0.15) is 0 Å². The summed E-state index contributed by atoms with van der Waals surface area (Å²) in [5.74, 6) is 0. The number of ether oxygens (including phenoxy) is 1. The molecule has 0 aromatic heterocycles. The highest BCUT2D eigenvalue weighted by atomic mass is 16.5. The molecule has 1 spiro atoms. The molecule has 0 N–H and O–H groups in total. The molecule has 0 unspecified atom stereocenters. The van der Waals surface area contributed by atoms with Crippen molar-refractivity contribution >= 4 is 0 Å². The zero-order valence-electron chi connectivity index (χ0n) is 9.25. The van der Waals surface area contributed by atoms with Gasteiger partial charge < -0.3 is 14.5 Å². The normalized spacial score (nSPS) is 28.4. The average molecular weight is 196 g/mol. The molecule has 3 nitrogen and oxygen atoms in total. The number of nitrogens with zero attached hydrogens (tertiary/aromatic N) is 2. The minimum absolute atomic E-state index is 0.114. The van der Waals surface area contributed by atoms with Gasteiger partial charge in [-0.3, -0.25) is 0 Å². The summed E-state index contributed by atoms with van der Waals surface area (Å²) < 4.78 is 5.97. The Bertz CT molecular complexity index is 231. The van der Waals surface area contributed by atoms with Crippen LogP contribution >= 0.6 is 0 Å². The Kier molecular flexibility index (Phi) is 2.54. The van der Waals surface area contributed by atoms with E-state index in [1.807, 2.05) is 0 Å². The fourth-order valence-electron chi connectivity index (χ4n) is 2.26. The lowest BCUT2D eigenvalue weighted by atomic mass is 9.89. The van der Waals surface area contributed by atoms with Gasteiger partial charge in [-0.1, -0.05) is 6.58 Å². The molecule has 0 aromatic carbocycles. The molecule has 0 aromatic rings. The van der Waals surface area contributed by atoms with Crippen LogP contribution in [0.1, 0.15) is 12.8 Å². The van der Waals surface area contributed by atoms with Gasteiger partial charge in [-0.15, -0.1) is 0 Å². The summed E-state index contributed by atoms with van der Waals surface area (Å²) in [6, 6.07) is 0. The van der Waals surface area contributed by atoms with Gasteiger partial charge in [0.05, 0.1) is 12.2 Å². The number of hydrogen-bond acceptors (Lipinski definition) is 3. The van der Waals surface area contributed by atoms with E-state index in [-0.39, 0.29) is 5.60 Å². The number of likely N-dealkylation sites (tertiary alicyclic amines) is 1. The van der Waals surface area contributed by atoms with Gasteiger partial charge in [0.15, 0.2) is 0 Å². The summed E-state index contributed by atoms with van der Waals surface area (Å²) in [4.78, 5) is 4.62. The zero-order chi connectivity index (χ0) is 10.2. The number of piperidine rings is 1. The van der Waals surface area contributed by atoms with Crippen LogP contribution in [-0.2, 0) is 4.74 Å². The van der Waals surface area contributed by atoms with Crippen molar-refractivity contribution in [2.45, 2.75) is 18.4 Å². The Morgan fingerprint density at radius 2 is 1.93 bits per heavy atom. The molecule has 0 bridgehead atoms. The molecule has 2 aliphatic heterocycles. The molecule has 0 aliphatic carbocycles. The zero-order valence-corrected chi connectivity index (χ0v) is 9.25. The van der Waals surface area contributed by atoms with E-state index in [9.17, 15) is 0 Å². The van der Waals surface area contributed by atoms with Crippen LogP contribution in [0.3, 0.4) is 0 Å². The van der Waals surface area contributed by atoms with Gasteiger partial charge >= 0.3 is 0 Å². The smallest absolute Gasteiger partial charge is 0.0885 e. The lowest BCUT2D eigenvalue weighted by Crippen LogP contribution is -2.54. The SMILES string of the molecule is C=C1COC2(CCN(C)CC2)CN1C. The van der Waals surface area contributed by atoms with Crippen molar-refractivity contribution in [2.24, 2.45) is 0 Å². The number of likely N-dealkylation sites (N-methyl/N-ethyl adjacent to an activating group) is 1. The number of hydrogen-bond donors (Lipinski definition) is 0. The first kappa shape index (κ1) is 9.99. The first-order valence-corrected chi connectivity index (χ1v) is 5.33. The van der Waals surface area contributed by atoms with Crippen molar-refractivity contribution < 1.29 is 4.74 Å². The maximum atomic E-state index is 5.97. The van der Waals surface area contributed by atoms with E-state index in [1.54, 1.807) is 0 Å². The topological polar surface area (TPSA) is 15.7 Å². The first-order valence-electron chi connectivity index (χ1n) is 5.33. The largest absolute Gasteiger partial charge is 0.374 e. The lowest BCUT2D eigenvalue weighted by Gasteiger charge is -2.47. The summed E-state index contributed by atoms with van der Waals surface area (Å²) in [6.07, 6.45) is 2.31. The van der Waals surface area contributed by atoms with Crippen LogP contribution in [0.5, 0.6) is 0 Å². The Balaban J connectivity index is 2.00. The molecule has 0 saturated carbocycles.